The summed E-state index contributed by atoms with van der Waals surface area (Å²) in [6.07, 6.45) is 10.3. The number of aromatic nitrogens is 2. The zero-order valence-electron chi connectivity index (χ0n) is 14.7. The Morgan fingerprint density at radius 3 is 2.62 bits per heavy atom. The van der Waals surface area contributed by atoms with Crippen LogP contribution in [0.3, 0.4) is 0 Å². The van der Waals surface area contributed by atoms with Crippen LogP contribution in [0.2, 0.25) is 0 Å². The van der Waals surface area contributed by atoms with Crippen LogP contribution in [0.15, 0.2) is 42.7 Å². The summed E-state index contributed by atoms with van der Waals surface area (Å²) in [6, 6.07) is 8.03. The van der Waals surface area contributed by atoms with Crippen molar-refractivity contribution in [3.05, 3.63) is 53.9 Å². The molecule has 0 fully saturated rings. The number of allylic oxidation sites excluding steroid dienone is 1. The van der Waals surface area contributed by atoms with Crippen LogP contribution in [0.1, 0.15) is 62.0 Å². The molecule has 4 nitrogen and oxygen atoms in total. The molecule has 0 saturated carbocycles. The fraction of sp³-hybridized carbons (Fsp3) is 0.400. The van der Waals surface area contributed by atoms with Gasteiger partial charge in [0.1, 0.15) is 5.75 Å². The molecule has 2 aromatic rings. The van der Waals surface area contributed by atoms with E-state index in [1.54, 1.807) is 23.2 Å². The van der Waals surface area contributed by atoms with Gasteiger partial charge in [0, 0.05) is 12.2 Å². The van der Waals surface area contributed by atoms with Gasteiger partial charge in [-0.05, 0) is 44.0 Å². The lowest BCUT2D eigenvalue weighted by Crippen LogP contribution is -2.00. The first kappa shape index (κ1) is 18.0. The van der Waals surface area contributed by atoms with Gasteiger partial charge in [-0.3, -0.25) is 9.48 Å². The third kappa shape index (κ3) is 5.37. The van der Waals surface area contributed by atoms with E-state index < -0.39 is 0 Å². The Hall–Kier alpha value is -2.36. The molecule has 0 N–H and O–H groups in total. The van der Waals surface area contributed by atoms with Crippen LogP contribution in [0.4, 0.5) is 0 Å². The van der Waals surface area contributed by atoms with Gasteiger partial charge in [0.25, 0.3) is 0 Å². The SMILES string of the molecule is CCCCCOc1ccc(/C=C/C(=O)c2cnn(C(C)C)c2)cc1. The molecule has 128 valence electrons. The molecule has 0 unspecified atom stereocenters. The number of hydrogen-bond acceptors (Lipinski definition) is 3. The topological polar surface area (TPSA) is 44.1 Å². The van der Waals surface area contributed by atoms with E-state index in [4.69, 9.17) is 4.74 Å². The van der Waals surface area contributed by atoms with E-state index in [2.05, 4.69) is 12.0 Å². The minimum absolute atomic E-state index is 0.0400. The Balaban J connectivity index is 1.89. The number of hydrogen-bond donors (Lipinski definition) is 0. The maximum atomic E-state index is 12.2. The highest BCUT2D eigenvalue weighted by Crippen LogP contribution is 2.14. The largest absolute Gasteiger partial charge is 0.494 e. The Labute approximate surface area is 144 Å². The first-order valence-corrected chi connectivity index (χ1v) is 8.59. The molecule has 1 aromatic carbocycles. The lowest BCUT2D eigenvalue weighted by atomic mass is 10.1. The van der Waals surface area contributed by atoms with Crippen molar-refractivity contribution in [2.45, 2.75) is 46.1 Å². The summed E-state index contributed by atoms with van der Waals surface area (Å²) >= 11 is 0. The molecule has 0 amide bonds. The Morgan fingerprint density at radius 1 is 1.25 bits per heavy atom. The standard InChI is InChI=1S/C20H26N2O2/c1-4-5-6-13-24-19-10-7-17(8-11-19)9-12-20(23)18-14-21-22(15-18)16(2)3/h7-12,14-16H,4-6,13H2,1-3H3/b12-9+. The molecule has 0 radical (unpaired) electrons. The molecule has 0 aliphatic heterocycles. The highest BCUT2D eigenvalue weighted by atomic mass is 16.5. The average Bonchev–Trinajstić information content (AvgIpc) is 3.08. The molecular weight excluding hydrogens is 300 g/mol. The lowest BCUT2D eigenvalue weighted by molar-refractivity contribution is 0.104. The lowest BCUT2D eigenvalue weighted by Gasteiger charge is -2.05. The Morgan fingerprint density at radius 2 is 2.00 bits per heavy atom. The fourth-order valence-corrected chi connectivity index (χ4v) is 2.23. The fourth-order valence-electron chi connectivity index (χ4n) is 2.23. The molecule has 0 aliphatic rings. The number of carbonyl (C=O) groups excluding carboxylic acids is 1. The third-order valence-electron chi connectivity index (χ3n) is 3.74. The number of rotatable bonds is 9. The van der Waals surface area contributed by atoms with Gasteiger partial charge in [-0.15, -0.1) is 0 Å². The van der Waals surface area contributed by atoms with Gasteiger partial charge < -0.3 is 4.74 Å². The Bertz CT molecular complexity index is 669. The van der Waals surface area contributed by atoms with Crippen LogP contribution in [-0.4, -0.2) is 22.2 Å². The van der Waals surface area contributed by atoms with Crippen molar-refractivity contribution in [3.63, 3.8) is 0 Å². The monoisotopic (exact) mass is 326 g/mol. The quantitative estimate of drug-likeness (QED) is 0.373. The number of nitrogens with zero attached hydrogens (tertiary/aromatic N) is 2. The first-order valence-electron chi connectivity index (χ1n) is 8.59. The summed E-state index contributed by atoms with van der Waals surface area (Å²) in [5, 5.41) is 4.19. The second-order valence-electron chi connectivity index (χ2n) is 6.12. The van der Waals surface area contributed by atoms with Crippen molar-refractivity contribution in [1.29, 1.82) is 0 Å². The zero-order valence-corrected chi connectivity index (χ0v) is 14.7. The van der Waals surface area contributed by atoms with Gasteiger partial charge in [-0.2, -0.15) is 5.10 Å². The number of unbranched alkanes of at least 4 members (excludes halogenated alkanes) is 2. The molecule has 2 rings (SSSR count). The molecule has 0 saturated heterocycles. The predicted octanol–water partition coefficient (Wildman–Crippen LogP) is 4.93. The highest BCUT2D eigenvalue weighted by molar-refractivity contribution is 6.06. The van der Waals surface area contributed by atoms with Gasteiger partial charge in [0.15, 0.2) is 5.78 Å². The van der Waals surface area contributed by atoms with E-state index in [1.807, 2.05) is 44.2 Å². The van der Waals surface area contributed by atoms with E-state index in [0.717, 1.165) is 24.3 Å². The molecule has 0 bridgehead atoms. The maximum absolute atomic E-state index is 12.2. The molecule has 0 aliphatic carbocycles. The van der Waals surface area contributed by atoms with E-state index in [9.17, 15) is 4.79 Å². The molecule has 4 heteroatoms. The molecular formula is C20H26N2O2. The molecule has 0 spiro atoms. The molecule has 1 heterocycles. The number of ether oxygens (including phenoxy) is 1. The summed E-state index contributed by atoms with van der Waals surface area (Å²) in [4.78, 5) is 12.2. The molecule has 24 heavy (non-hydrogen) atoms. The van der Waals surface area contributed by atoms with Crippen LogP contribution in [0, 0.1) is 0 Å². The van der Waals surface area contributed by atoms with Crippen molar-refractivity contribution in [2.75, 3.05) is 6.61 Å². The van der Waals surface area contributed by atoms with Crippen molar-refractivity contribution in [1.82, 2.24) is 9.78 Å². The van der Waals surface area contributed by atoms with Gasteiger partial charge in [-0.25, -0.2) is 0 Å². The van der Waals surface area contributed by atoms with Crippen LogP contribution in [0.25, 0.3) is 6.08 Å². The number of carbonyl (C=O) groups is 1. The van der Waals surface area contributed by atoms with Crippen molar-refractivity contribution in [2.24, 2.45) is 0 Å². The second-order valence-corrected chi connectivity index (χ2v) is 6.12. The summed E-state index contributed by atoms with van der Waals surface area (Å²) in [6.45, 7) is 6.99. The van der Waals surface area contributed by atoms with Crippen molar-refractivity contribution in [3.8, 4) is 5.75 Å². The van der Waals surface area contributed by atoms with Gasteiger partial charge in [0.05, 0.1) is 18.4 Å². The molecule has 1 aromatic heterocycles. The van der Waals surface area contributed by atoms with E-state index >= 15 is 0 Å². The summed E-state index contributed by atoms with van der Waals surface area (Å²) in [5.41, 5.74) is 1.58. The minimum Gasteiger partial charge on any atom is -0.494 e. The van der Waals surface area contributed by atoms with Gasteiger partial charge >= 0.3 is 0 Å². The molecule has 0 atom stereocenters. The second kappa shape index (κ2) is 9.06. The van der Waals surface area contributed by atoms with E-state index in [0.29, 0.717) is 5.56 Å². The number of ketones is 1. The summed E-state index contributed by atoms with van der Waals surface area (Å²) in [5.74, 6) is 0.828. The number of benzene rings is 1. The van der Waals surface area contributed by atoms with E-state index in [-0.39, 0.29) is 11.8 Å². The van der Waals surface area contributed by atoms with E-state index in [1.165, 1.54) is 12.8 Å². The Kier molecular flexibility index (Phi) is 6.79. The minimum atomic E-state index is -0.0400. The van der Waals surface area contributed by atoms with Gasteiger partial charge in [-0.1, -0.05) is 38.0 Å². The third-order valence-corrected chi connectivity index (χ3v) is 3.74. The summed E-state index contributed by atoms with van der Waals surface area (Å²) in [7, 11) is 0. The van der Waals surface area contributed by atoms with Crippen LogP contribution < -0.4 is 4.74 Å². The first-order chi connectivity index (χ1) is 11.6. The van der Waals surface area contributed by atoms with Gasteiger partial charge in [0.2, 0.25) is 0 Å². The normalized spacial score (nSPS) is 11.3. The van der Waals surface area contributed by atoms with Crippen molar-refractivity contribution < 1.29 is 9.53 Å². The predicted molar refractivity (Wildman–Crippen MR) is 97.4 cm³/mol. The average molecular weight is 326 g/mol. The zero-order chi connectivity index (χ0) is 17.4. The maximum Gasteiger partial charge on any atom is 0.189 e. The van der Waals surface area contributed by atoms with Crippen LogP contribution >= 0.6 is 0 Å². The smallest absolute Gasteiger partial charge is 0.189 e. The summed E-state index contributed by atoms with van der Waals surface area (Å²) < 4.78 is 7.46. The van der Waals surface area contributed by atoms with Crippen LogP contribution in [0.5, 0.6) is 5.75 Å². The highest BCUT2D eigenvalue weighted by Gasteiger charge is 2.07. The van der Waals surface area contributed by atoms with Crippen LogP contribution in [-0.2, 0) is 0 Å². The van der Waals surface area contributed by atoms with Crippen molar-refractivity contribution >= 4 is 11.9 Å².